The smallest absolute Gasteiger partial charge is 0.423 e. The number of para-hydroxylation sites is 8. The van der Waals surface area contributed by atoms with Gasteiger partial charge in [0, 0.05) is 79.9 Å². The molecular formula is C118H84BCl2IN8O2. The standard InChI is InChI=1S/C59H40N4.C21H18N2.C19H12ClN.C10H9BO2.C9H5ClIN/c1-59(2)49-28-10-14-32-54(49)63(58-35-47(44-24-8-12-30-52(44)61-58)42-27-16-20-38-18-4-6-22-40(38)42)56-36-55-48(33-50(56)59)45-25-9-13-31-53(45)62(55)57-34-46(43-23-7-11-29-51(43)60-57)41-26-15-19-37-17-3-5-21-39(37)41;1-21(2)15-8-4-6-10-18(15)23-20-12-19-14(11-16(20)21)13-7-3-5-9-17(13)22-19;20-19-12-17(16-9-3-4-11-18(16)21-19)15-10-5-7-13-6-1-2-8-14(13)15;12-11(13)10-7-3-5-8-4-1-2-6-9(8)10;10-9-5-7(11)6-3-1-2-4-8(6)12-9/h3-36H,1-2H3;3-12,22-23H,1-2H3;1-12H;1-7,12-13H;1-5H. The molecule has 0 fully saturated rings. The van der Waals surface area contributed by atoms with Crippen molar-refractivity contribution in [1.29, 1.82) is 0 Å². The fourth-order valence-electron chi connectivity index (χ4n) is 19.9. The van der Waals surface area contributed by atoms with E-state index in [2.05, 4.69) is 395 Å². The molecule has 0 spiro atoms. The Hall–Kier alpha value is -14.9. The molecule has 2 aliphatic heterocycles. The van der Waals surface area contributed by atoms with Crippen molar-refractivity contribution >= 4 is 217 Å². The van der Waals surface area contributed by atoms with Crippen molar-refractivity contribution < 1.29 is 10.0 Å². The van der Waals surface area contributed by atoms with E-state index in [1.807, 2.05) is 91.0 Å². The molecule has 0 amide bonds. The van der Waals surface area contributed by atoms with Crippen LogP contribution in [0.3, 0.4) is 0 Å². The lowest BCUT2D eigenvalue weighted by molar-refractivity contribution is 0.426. The summed E-state index contributed by atoms with van der Waals surface area (Å²) >= 11 is 14.3. The predicted octanol–water partition coefficient (Wildman–Crippen LogP) is 31.1. The molecule has 2 aliphatic rings. The highest BCUT2D eigenvalue weighted by Crippen LogP contribution is 2.55. The minimum Gasteiger partial charge on any atom is -0.423 e. The summed E-state index contributed by atoms with van der Waals surface area (Å²) in [5.74, 6) is 1.76. The zero-order valence-corrected chi connectivity index (χ0v) is 76.2. The first-order valence-corrected chi connectivity index (χ1v) is 46.1. The summed E-state index contributed by atoms with van der Waals surface area (Å²) in [5.41, 5.74) is 25.5. The fourth-order valence-corrected chi connectivity index (χ4v) is 21.3. The van der Waals surface area contributed by atoms with Crippen LogP contribution in [0.2, 0.25) is 10.3 Å². The van der Waals surface area contributed by atoms with Gasteiger partial charge in [-0.2, -0.15) is 0 Å². The van der Waals surface area contributed by atoms with Crippen LogP contribution in [0.5, 0.6) is 0 Å². The first-order chi connectivity index (χ1) is 64.5. The molecule has 632 valence electrons. The van der Waals surface area contributed by atoms with Gasteiger partial charge < -0.3 is 20.3 Å². The van der Waals surface area contributed by atoms with Crippen molar-refractivity contribution in [2.45, 2.75) is 38.5 Å². The molecule has 0 unspecified atom stereocenters. The van der Waals surface area contributed by atoms with Gasteiger partial charge in [-0.1, -0.05) is 366 Å². The molecule has 14 heteroatoms. The van der Waals surface area contributed by atoms with Crippen LogP contribution in [-0.4, -0.2) is 46.7 Å². The number of halogens is 3. The molecule has 18 aromatic carbocycles. The first-order valence-electron chi connectivity index (χ1n) is 44.3. The second-order valence-electron chi connectivity index (χ2n) is 34.7. The molecular weight excluding hydrogens is 1770 g/mol. The minimum absolute atomic E-state index is 0.0102. The molecule has 0 saturated heterocycles. The van der Waals surface area contributed by atoms with Gasteiger partial charge in [-0.15, -0.1) is 0 Å². The van der Waals surface area contributed by atoms with Crippen LogP contribution in [0.1, 0.15) is 49.9 Å². The van der Waals surface area contributed by atoms with E-state index in [0.717, 1.165) is 109 Å². The van der Waals surface area contributed by atoms with Crippen molar-refractivity contribution in [2.24, 2.45) is 0 Å². The van der Waals surface area contributed by atoms with Gasteiger partial charge in [0.2, 0.25) is 0 Å². The maximum Gasteiger partial charge on any atom is 0.489 e. The summed E-state index contributed by atoms with van der Waals surface area (Å²) in [6.07, 6.45) is 0. The summed E-state index contributed by atoms with van der Waals surface area (Å²) in [7, 11) is -1.40. The Bertz CT molecular complexity index is 8710. The van der Waals surface area contributed by atoms with Gasteiger partial charge in [0.15, 0.2) is 0 Å². The molecule has 0 aliphatic carbocycles. The van der Waals surface area contributed by atoms with Gasteiger partial charge in [0.1, 0.15) is 21.9 Å². The topological polar surface area (TPSA) is 128 Å². The van der Waals surface area contributed by atoms with Crippen LogP contribution >= 0.6 is 45.8 Å². The first kappa shape index (κ1) is 82.8. The quantitative estimate of drug-likeness (QED) is 0.0736. The summed E-state index contributed by atoms with van der Waals surface area (Å²) in [6, 6.07) is 144. The Labute approximate surface area is 787 Å². The van der Waals surface area contributed by atoms with E-state index in [1.54, 1.807) is 6.07 Å². The molecule has 0 bridgehead atoms. The van der Waals surface area contributed by atoms with Crippen molar-refractivity contribution in [3.8, 4) is 39.2 Å². The average Bonchev–Trinajstić information content (AvgIpc) is 1.09. The van der Waals surface area contributed by atoms with Gasteiger partial charge in [-0.3, -0.25) is 9.47 Å². The van der Waals surface area contributed by atoms with Gasteiger partial charge in [-0.25, -0.2) is 19.9 Å². The molecule has 4 N–H and O–H groups in total. The van der Waals surface area contributed by atoms with Crippen LogP contribution in [0, 0.1) is 3.57 Å². The van der Waals surface area contributed by atoms with Gasteiger partial charge in [0.25, 0.3) is 0 Å². The maximum absolute atomic E-state index is 9.08. The predicted molar refractivity (Wildman–Crippen MR) is 565 cm³/mol. The molecule has 132 heavy (non-hydrogen) atoms. The largest absolute Gasteiger partial charge is 0.489 e. The van der Waals surface area contributed by atoms with E-state index in [9.17, 15) is 0 Å². The van der Waals surface area contributed by atoms with E-state index in [4.69, 9.17) is 43.2 Å². The number of hydrogen-bond donors (Lipinski definition) is 4. The van der Waals surface area contributed by atoms with Crippen molar-refractivity contribution in [3.63, 3.8) is 0 Å². The van der Waals surface area contributed by atoms with Crippen LogP contribution in [0.15, 0.2) is 413 Å². The Morgan fingerprint density at radius 2 is 0.705 bits per heavy atom. The van der Waals surface area contributed by atoms with Crippen LogP contribution in [0.4, 0.5) is 28.6 Å². The van der Waals surface area contributed by atoms with Gasteiger partial charge in [0.05, 0.1) is 44.5 Å². The number of H-pyrrole nitrogens is 1. The highest BCUT2D eigenvalue weighted by molar-refractivity contribution is 14.1. The third-order valence-electron chi connectivity index (χ3n) is 26.2. The number of fused-ring (bicyclic) bond motifs is 18. The molecule has 0 atom stereocenters. The normalized spacial score (nSPS) is 12.8. The number of anilines is 5. The van der Waals surface area contributed by atoms with Gasteiger partial charge in [-0.05, 0) is 224 Å². The lowest BCUT2D eigenvalue weighted by Gasteiger charge is -2.41. The zero-order chi connectivity index (χ0) is 89.5. The Morgan fingerprint density at radius 1 is 0.288 bits per heavy atom. The second kappa shape index (κ2) is 34.2. The molecule has 8 heterocycles. The Balaban J connectivity index is 0.000000118. The number of rotatable bonds is 6. The van der Waals surface area contributed by atoms with Crippen LogP contribution < -0.4 is 15.7 Å². The molecule has 26 rings (SSSR count). The molecule has 10 nitrogen and oxygen atoms in total. The highest BCUT2D eigenvalue weighted by atomic mass is 127. The second-order valence-corrected chi connectivity index (χ2v) is 36.6. The number of pyridine rings is 4. The van der Waals surface area contributed by atoms with Crippen molar-refractivity contribution in [2.75, 3.05) is 10.2 Å². The van der Waals surface area contributed by atoms with E-state index in [0.29, 0.717) is 15.8 Å². The summed E-state index contributed by atoms with van der Waals surface area (Å²) in [6.45, 7) is 9.35. The number of nitrogens with zero attached hydrogens (tertiary/aromatic N) is 6. The van der Waals surface area contributed by atoms with E-state index >= 15 is 0 Å². The summed E-state index contributed by atoms with van der Waals surface area (Å²) < 4.78 is 3.52. The number of benzene rings is 18. The molecule has 0 saturated carbocycles. The Morgan fingerprint density at radius 3 is 1.30 bits per heavy atom. The third-order valence-corrected chi connectivity index (χ3v) is 27.5. The lowest BCUT2D eigenvalue weighted by Crippen LogP contribution is -2.31. The summed E-state index contributed by atoms with van der Waals surface area (Å²) in [5, 5.41) is 41.6. The van der Waals surface area contributed by atoms with Crippen LogP contribution in [0.25, 0.3) is 170 Å². The van der Waals surface area contributed by atoms with Crippen molar-refractivity contribution in [1.82, 2.24) is 29.5 Å². The molecule has 0 radical (unpaired) electrons. The number of hydrogen-bond acceptors (Lipinski definition) is 8. The molecule has 6 aromatic heterocycles. The number of aromatic nitrogens is 6. The highest BCUT2D eigenvalue weighted by Gasteiger charge is 2.39. The van der Waals surface area contributed by atoms with Gasteiger partial charge >= 0.3 is 7.12 Å². The Kier molecular flexibility index (Phi) is 21.5. The third kappa shape index (κ3) is 14.9. The van der Waals surface area contributed by atoms with E-state index in [1.165, 1.54) is 115 Å². The van der Waals surface area contributed by atoms with E-state index in [-0.39, 0.29) is 10.8 Å². The maximum atomic E-state index is 9.08. The summed E-state index contributed by atoms with van der Waals surface area (Å²) in [4.78, 5) is 25.6. The molecule has 24 aromatic rings. The van der Waals surface area contributed by atoms with Crippen LogP contribution in [-0.2, 0) is 10.8 Å². The number of nitrogens with one attached hydrogen (secondary N) is 2. The fraction of sp³-hybridized carbons (Fsp3) is 0.0508. The SMILES string of the molecule is CC1(C)c2ccccc2N(c2cc(-c3cccc4ccccc34)c3ccccc3n2)c2cc3c(cc21)c1ccccc1n3-c1cc(-c2cccc3ccccc23)c2ccccc2n1.CC1(C)c2ccccc2Nc2cc3[nH]c4ccccc4c3cc21.Clc1cc(-c2cccc3ccccc23)c2ccccc2n1.Clc1cc(I)c2ccccc2n1.OB(O)c1cccc2ccccc12. The average molecular weight is 1850 g/mol. The van der Waals surface area contributed by atoms with E-state index < -0.39 is 7.12 Å². The lowest BCUT2D eigenvalue weighted by atomic mass is 9.73. The van der Waals surface area contributed by atoms with Crippen molar-refractivity contribution in [3.05, 3.63) is 449 Å². The minimum atomic E-state index is -1.40. The zero-order valence-electron chi connectivity index (χ0n) is 72.5. The number of aromatic amines is 1. The monoisotopic (exact) mass is 1850 g/mol.